The van der Waals surface area contributed by atoms with Crippen molar-refractivity contribution in [3.8, 4) is 11.5 Å². The SMILES string of the molecule is O=[SH]1(c2ccc(OCC3CCCCC3)c3cccc(OCC4CCCCC4)c23)CC2CCCCC2C1. The predicted octanol–water partition coefficient (Wildman–Crippen LogP) is 7.95. The standard InChI is InChI=1S/C32H46O3S/c33-36(22-26-14-7-8-15-27(26)23-36)31-19-18-29(34-20-24-10-3-1-4-11-24)28-16-9-17-30(32(28)31)35-21-25-12-5-2-6-13-25/h9,16-19,24-27,36H,1-8,10-15,20-23H2. The predicted molar refractivity (Wildman–Crippen MR) is 151 cm³/mol. The van der Waals surface area contributed by atoms with Gasteiger partial charge in [0.15, 0.2) is 0 Å². The average molecular weight is 511 g/mol. The van der Waals surface area contributed by atoms with Crippen molar-refractivity contribution >= 4 is 20.7 Å². The third-order valence-electron chi connectivity index (χ3n) is 9.90. The summed E-state index contributed by atoms with van der Waals surface area (Å²) in [5.41, 5.74) is 0. The van der Waals surface area contributed by atoms with Gasteiger partial charge in [-0.1, -0.05) is 73.4 Å². The van der Waals surface area contributed by atoms with Crippen molar-refractivity contribution in [2.45, 2.75) is 94.8 Å². The Labute approximate surface area is 219 Å². The van der Waals surface area contributed by atoms with E-state index in [4.69, 9.17) is 9.47 Å². The molecule has 36 heavy (non-hydrogen) atoms. The molecule has 2 atom stereocenters. The first-order chi connectivity index (χ1) is 17.7. The molecule has 1 aliphatic heterocycles. The Balaban J connectivity index is 1.33. The van der Waals surface area contributed by atoms with Crippen LogP contribution in [0.3, 0.4) is 0 Å². The summed E-state index contributed by atoms with van der Waals surface area (Å²) >= 11 is 0. The van der Waals surface area contributed by atoms with Crippen LogP contribution in [0.15, 0.2) is 35.2 Å². The largest absolute Gasteiger partial charge is 0.493 e. The lowest BCUT2D eigenvalue weighted by atomic mass is 9.82. The van der Waals surface area contributed by atoms with E-state index >= 15 is 0 Å². The van der Waals surface area contributed by atoms with E-state index in [0.717, 1.165) is 51.9 Å². The molecule has 0 aromatic heterocycles. The average Bonchev–Trinajstić information content (AvgIpc) is 3.28. The van der Waals surface area contributed by atoms with Crippen LogP contribution in [0.5, 0.6) is 11.5 Å². The molecular formula is C32H46O3S. The molecule has 0 N–H and O–H groups in total. The van der Waals surface area contributed by atoms with Crippen molar-refractivity contribution in [2.75, 3.05) is 24.7 Å². The van der Waals surface area contributed by atoms with Crippen LogP contribution >= 0.6 is 0 Å². The molecule has 3 saturated carbocycles. The molecule has 1 saturated heterocycles. The first-order valence-corrected chi connectivity index (χ1v) is 17.2. The quantitative estimate of drug-likeness (QED) is 0.384. The van der Waals surface area contributed by atoms with Crippen LogP contribution < -0.4 is 9.47 Å². The Bertz CT molecular complexity index is 1060. The maximum atomic E-state index is 14.7. The molecule has 3 nitrogen and oxygen atoms in total. The number of thiol groups is 1. The summed E-state index contributed by atoms with van der Waals surface area (Å²) in [6, 6.07) is 10.7. The second-order valence-electron chi connectivity index (χ2n) is 12.5. The summed E-state index contributed by atoms with van der Waals surface area (Å²) < 4.78 is 27.8. The summed E-state index contributed by atoms with van der Waals surface area (Å²) in [6.07, 6.45) is 18.3. The number of ether oxygens (including phenoxy) is 2. The minimum Gasteiger partial charge on any atom is -0.493 e. The molecule has 2 unspecified atom stereocenters. The molecule has 4 fully saturated rings. The van der Waals surface area contributed by atoms with Gasteiger partial charge in [-0.25, -0.2) is 0 Å². The highest BCUT2D eigenvalue weighted by molar-refractivity contribution is 8.03. The van der Waals surface area contributed by atoms with Gasteiger partial charge in [-0.05, 0) is 80.4 Å². The van der Waals surface area contributed by atoms with E-state index < -0.39 is 9.93 Å². The molecule has 3 aliphatic carbocycles. The minimum absolute atomic E-state index is 0.647. The zero-order chi connectivity index (χ0) is 24.4. The summed E-state index contributed by atoms with van der Waals surface area (Å²) in [5.74, 6) is 6.28. The monoisotopic (exact) mass is 510 g/mol. The molecule has 0 amide bonds. The summed E-state index contributed by atoms with van der Waals surface area (Å²) in [5, 5.41) is 2.20. The Hall–Kier alpha value is -1.55. The van der Waals surface area contributed by atoms with Crippen molar-refractivity contribution in [1.29, 1.82) is 0 Å². The second kappa shape index (κ2) is 11.1. The van der Waals surface area contributed by atoms with Crippen molar-refractivity contribution in [3.63, 3.8) is 0 Å². The fraction of sp³-hybridized carbons (Fsp3) is 0.688. The fourth-order valence-electron chi connectivity index (χ4n) is 7.83. The maximum Gasteiger partial charge on any atom is 0.128 e. The molecule has 4 heteroatoms. The Morgan fingerprint density at radius 2 is 1.19 bits per heavy atom. The zero-order valence-electron chi connectivity index (χ0n) is 22.1. The van der Waals surface area contributed by atoms with Gasteiger partial charge in [0.05, 0.1) is 13.2 Å². The smallest absolute Gasteiger partial charge is 0.128 e. The zero-order valence-corrected chi connectivity index (χ0v) is 23.0. The highest BCUT2D eigenvalue weighted by atomic mass is 32.2. The molecular weight excluding hydrogens is 464 g/mol. The molecule has 0 bridgehead atoms. The molecule has 1 heterocycles. The number of hydrogen-bond acceptors (Lipinski definition) is 3. The highest BCUT2D eigenvalue weighted by Gasteiger charge is 2.41. The van der Waals surface area contributed by atoms with Gasteiger partial charge in [0.25, 0.3) is 0 Å². The van der Waals surface area contributed by atoms with E-state index in [2.05, 4.69) is 30.3 Å². The van der Waals surface area contributed by atoms with E-state index in [-0.39, 0.29) is 0 Å². The van der Waals surface area contributed by atoms with Crippen molar-refractivity contribution in [2.24, 2.45) is 23.7 Å². The lowest BCUT2D eigenvalue weighted by Gasteiger charge is -2.26. The topological polar surface area (TPSA) is 35.5 Å². The molecule has 6 rings (SSSR count). The Kier molecular flexibility index (Phi) is 7.60. The van der Waals surface area contributed by atoms with E-state index in [0.29, 0.717) is 23.7 Å². The van der Waals surface area contributed by atoms with Crippen molar-refractivity contribution < 1.29 is 13.7 Å². The lowest BCUT2D eigenvalue weighted by molar-refractivity contribution is 0.209. The van der Waals surface area contributed by atoms with E-state index in [1.165, 1.54) is 89.9 Å². The van der Waals surface area contributed by atoms with Crippen molar-refractivity contribution in [1.82, 2.24) is 0 Å². The third-order valence-corrected chi connectivity index (χ3v) is 13.3. The number of hydrogen-bond donors (Lipinski definition) is 1. The number of benzene rings is 2. The summed E-state index contributed by atoms with van der Waals surface area (Å²) in [7, 11) is -2.46. The van der Waals surface area contributed by atoms with Gasteiger partial charge in [0.2, 0.25) is 0 Å². The van der Waals surface area contributed by atoms with Gasteiger partial charge in [0, 0.05) is 27.2 Å². The van der Waals surface area contributed by atoms with E-state index in [1.807, 2.05) is 0 Å². The number of rotatable bonds is 7. The van der Waals surface area contributed by atoms with Crippen molar-refractivity contribution in [3.05, 3.63) is 30.3 Å². The van der Waals surface area contributed by atoms with Gasteiger partial charge in [0.1, 0.15) is 11.5 Å². The first-order valence-electron chi connectivity index (χ1n) is 15.1. The fourth-order valence-corrected chi connectivity index (χ4v) is 11.8. The van der Waals surface area contributed by atoms with Gasteiger partial charge in [-0.3, -0.25) is 4.21 Å². The normalized spacial score (nSPS) is 28.0. The summed E-state index contributed by atoms with van der Waals surface area (Å²) in [4.78, 5) is 1.08. The first kappa shape index (κ1) is 24.8. The highest BCUT2D eigenvalue weighted by Crippen LogP contribution is 2.47. The van der Waals surface area contributed by atoms with Crippen LogP contribution in [-0.4, -0.2) is 28.9 Å². The van der Waals surface area contributed by atoms with Crippen LogP contribution in [-0.2, 0) is 9.93 Å². The Morgan fingerprint density at radius 3 is 1.81 bits per heavy atom. The second-order valence-corrected chi connectivity index (χ2v) is 15.4. The third kappa shape index (κ3) is 5.22. The van der Waals surface area contributed by atoms with Crippen LogP contribution in [0, 0.1) is 23.7 Å². The minimum atomic E-state index is -2.46. The molecule has 0 spiro atoms. The van der Waals surface area contributed by atoms with E-state index in [1.54, 1.807) is 0 Å². The molecule has 198 valence electrons. The molecule has 4 aliphatic rings. The van der Waals surface area contributed by atoms with Gasteiger partial charge in [-0.2, -0.15) is 0 Å². The van der Waals surface area contributed by atoms with Crippen LogP contribution in [0.4, 0.5) is 0 Å². The molecule has 2 aromatic carbocycles. The van der Waals surface area contributed by atoms with Crippen LogP contribution in [0.25, 0.3) is 10.8 Å². The van der Waals surface area contributed by atoms with Gasteiger partial charge >= 0.3 is 0 Å². The van der Waals surface area contributed by atoms with Crippen LogP contribution in [0.1, 0.15) is 89.9 Å². The van der Waals surface area contributed by atoms with Gasteiger partial charge < -0.3 is 9.47 Å². The van der Waals surface area contributed by atoms with Crippen LogP contribution in [0.2, 0.25) is 0 Å². The molecule has 0 radical (unpaired) electrons. The summed E-state index contributed by atoms with van der Waals surface area (Å²) in [6.45, 7) is 1.57. The molecule has 2 aromatic rings. The lowest BCUT2D eigenvalue weighted by Crippen LogP contribution is -2.19. The van der Waals surface area contributed by atoms with E-state index in [9.17, 15) is 4.21 Å². The van der Waals surface area contributed by atoms with Gasteiger partial charge in [-0.15, -0.1) is 0 Å². The Morgan fingerprint density at radius 1 is 0.639 bits per heavy atom. The number of fused-ring (bicyclic) bond motifs is 2. The maximum absolute atomic E-state index is 14.7.